The van der Waals surface area contributed by atoms with E-state index in [4.69, 9.17) is 39.0 Å². The molecule has 0 bridgehead atoms. The topological polar surface area (TPSA) is 44.5 Å². The molecule has 0 aliphatic carbocycles. The highest BCUT2D eigenvalue weighted by atomic mass is 35.5. The highest BCUT2D eigenvalue weighted by Gasteiger charge is 2.11. The van der Waals surface area contributed by atoms with Gasteiger partial charge in [0.05, 0.1) is 12.2 Å². The Balaban J connectivity index is 2.37. The summed E-state index contributed by atoms with van der Waals surface area (Å²) in [7, 11) is 0. The first-order valence-electron chi connectivity index (χ1n) is 6.11. The van der Waals surface area contributed by atoms with Crippen LogP contribution in [0.2, 0.25) is 5.02 Å². The van der Waals surface area contributed by atoms with Gasteiger partial charge in [-0.3, -0.25) is 0 Å². The van der Waals surface area contributed by atoms with E-state index in [0.29, 0.717) is 34.4 Å². The van der Waals surface area contributed by atoms with Gasteiger partial charge in [0.1, 0.15) is 10.7 Å². The summed E-state index contributed by atoms with van der Waals surface area (Å²) in [5.74, 6) is 1.82. The van der Waals surface area contributed by atoms with Crippen molar-refractivity contribution in [1.82, 2.24) is 0 Å². The van der Waals surface area contributed by atoms with Crippen molar-refractivity contribution in [1.29, 1.82) is 0 Å². The average molecular weight is 308 g/mol. The molecule has 3 nitrogen and oxygen atoms in total. The van der Waals surface area contributed by atoms with Crippen molar-refractivity contribution in [2.45, 2.75) is 6.92 Å². The third kappa shape index (κ3) is 3.40. The lowest BCUT2D eigenvalue weighted by Crippen LogP contribution is -2.10. The Morgan fingerprint density at radius 3 is 2.50 bits per heavy atom. The highest BCUT2D eigenvalue weighted by Crippen LogP contribution is 2.33. The van der Waals surface area contributed by atoms with E-state index < -0.39 is 0 Å². The van der Waals surface area contributed by atoms with Crippen molar-refractivity contribution in [3.05, 3.63) is 53.1 Å². The zero-order chi connectivity index (χ0) is 14.5. The van der Waals surface area contributed by atoms with Crippen LogP contribution in [0.15, 0.2) is 42.5 Å². The van der Waals surface area contributed by atoms with Crippen molar-refractivity contribution in [3.8, 4) is 17.2 Å². The number of hydrogen-bond acceptors (Lipinski definition) is 3. The quantitative estimate of drug-likeness (QED) is 0.842. The van der Waals surface area contributed by atoms with Gasteiger partial charge in [0.25, 0.3) is 0 Å². The van der Waals surface area contributed by atoms with Crippen molar-refractivity contribution >= 4 is 28.8 Å². The minimum Gasteiger partial charge on any atom is -0.490 e. The molecule has 20 heavy (non-hydrogen) atoms. The molecule has 0 aliphatic heterocycles. The maximum atomic E-state index is 5.95. The van der Waals surface area contributed by atoms with Crippen LogP contribution >= 0.6 is 23.8 Å². The van der Waals surface area contributed by atoms with Crippen LogP contribution in [0.1, 0.15) is 12.5 Å². The molecule has 0 unspecified atom stereocenters. The molecule has 2 N–H and O–H groups in total. The largest absolute Gasteiger partial charge is 0.490 e. The molecule has 2 aromatic rings. The maximum Gasteiger partial charge on any atom is 0.169 e. The Hall–Kier alpha value is -1.78. The molecule has 0 saturated carbocycles. The second-order valence-corrected chi connectivity index (χ2v) is 4.86. The average Bonchev–Trinajstić information content (AvgIpc) is 2.43. The smallest absolute Gasteiger partial charge is 0.169 e. The number of hydrogen-bond donors (Lipinski definition) is 1. The summed E-state index contributed by atoms with van der Waals surface area (Å²) in [6.07, 6.45) is 0. The summed E-state index contributed by atoms with van der Waals surface area (Å²) in [5, 5.41) is 0.554. The normalized spacial score (nSPS) is 10.1. The number of halogens is 1. The molecule has 2 aromatic carbocycles. The van der Waals surface area contributed by atoms with Crippen LogP contribution in [0.4, 0.5) is 0 Å². The van der Waals surface area contributed by atoms with Gasteiger partial charge in [-0.2, -0.15) is 0 Å². The van der Waals surface area contributed by atoms with Gasteiger partial charge >= 0.3 is 0 Å². The van der Waals surface area contributed by atoms with Crippen molar-refractivity contribution < 1.29 is 9.47 Å². The fourth-order valence-electron chi connectivity index (χ4n) is 1.71. The van der Waals surface area contributed by atoms with Gasteiger partial charge in [0.15, 0.2) is 11.5 Å². The molecule has 0 heterocycles. The van der Waals surface area contributed by atoms with Crippen molar-refractivity contribution in [2.75, 3.05) is 6.61 Å². The third-order valence-electron chi connectivity index (χ3n) is 2.58. The predicted molar refractivity (Wildman–Crippen MR) is 85.0 cm³/mol. The first-order chi connectivity index (χ1) is 9.61. The molecule has 0 saturated heterocycles. The van der Waals surface area contributed by atoms with Crippen LogP contribution in [0.3, 0.4) is 0 Å². The van der Waals surface area contributed by atoms with E-state index in [-0.39, 0.29) is 4.99 Å². The summed E-state index contributed by atoms with van der Waals surface area (Å²) in [4.78, 5) is 0.233. The molecule has 0 spiro atoms. The predicted octanol–water partition coefficient (Wildman–Crippen LogP) is 4.17. The molecule has 0 fully saturated rings. The summed E-state index contributed by atoms with van der Waals surface area (Å²) in [6, 6.07) is 12.6. The molecule has 2 rings (SSSR count). The number of para-hydroxylation sites is 2. The van der Waals surface area contributed by atoms with Gasteiger partial charge in [-0.25, -0.2) is 0 Å². The first-order valence-corrected chi connectivity index (χ1v) is 6.89. The highest BCUT2D eigenvalue weighted by molar-refractivity contribution is 7.80. The van der Waals surface area contributed by atoms with Gasteiger partial charge in [-0.05, 0) is 37.3 Å². The van der Waals surface area contributed by atoms with E-state index in [1.54, 1.807) is 18.2 Å². The standard InChI is InChI=1S/C15H14ClNO2S/c1-2-18-13-5-3-4-6-14(13)19-12-8-7-10(16)9-11(12)15(17)20/h3-9H,2H2,1H3,(H2,17,20). The summed E-state index contributed by atoms with van der Waals surface area (Å²) in [6.45, 7) is 2.47. The fraction of sp³-hybridized carbons (Fsp3) is 0.133. The first kappa shape index (κ1) is 14.6. The molecule has 0 aromatic heterocycles. The molecule has 0 radical (unpaired) electrons. The minimum atomic E-state index is 0.233. The van der Waals surface area contributed by atoms with E-state index in [0.717, 1.165) is 0 Å². The Kier molecular flexibility index (Phi) is 4.82. The van der Waals surface area contributed by atoms with Crippen LogP contribution < -0.4 is 15.2 Å². The van der Waals surface area contributed by atoms with Gasteiger partial charge < -0.3 is 15.2 Å². The molecule has 0 aliphatic rings. The summed E-state index contributed by atoms with van der Waals surface area (Å²) >= 11 is 11.0. The van der Waals surface area contributed by atoms with E-state index in [9.17, 15) is 0 Å². The number of benzene rings is 2. The van der Waals surface area contributed by atoms with E-state index in [1.807, 2.05) is 31.2 Å². The van der Waals surface area contributed by atoms with Crippen LogP contribution in [0.5, 0.6) is 17.2 Å². The molecule has 0 amide bonds. The van der Waals surface area contributed by atoms with Gasteiger partial charge in [-0.15, -0.1) is 0 Å². The Morgan fingerprint density at radius 1 is 1.15 bits per heavy atom. The number of ether oxygens (including phenoxy) is 2. The van der Waals surface area contributed by atoms with E-state index in [2.05, 4.69) is 0 Å². The van der Waals surface area contributed by atoms with Crippen LogP contribution in [0, 0.1) is 0 Å². The monoisotopic (exact) mass is 307 g/mol. The van der Waals surface area contributed by atoms with Gasteiger partial charge in [-0.1, -0.05) is 36.0 Å². The molecular formula is C15H14ClNO2S. The molecule has 5 heteroatoms. The lowest BCUT2D eigenvalue weighted by atomic mass is 10.2. The minimum absolute atomic E-state index is 0.233. The van der Waals surface area contributed by atoms with E-state index in [1.165, 1.54) is 0 Å². The second kappa shape index (κ2) is 6.59. The SMILES string of the molecule is CCOc1ccccc1Oc1ccc(Cl)cc1C(N)=S. The Morgan fingerprint density at radius 2 is 1.85 bits per heavy atom. The van der Waals surface area contributed by atoms with Gasteiger partial charge in [0.2, 0.25) is 0 Å². The molecule has 104 valence electrons. The second-order valence-electron chi connectivity index (χ2n) is 3.99. The van der Waals surface area contributed by atoms with Crippen molar-refractivity contribution in [3.63, 3.8) is 0 Å². The van der Waals surface area contributed by atoms with Crippen LogP contribution in [0.25, 0.3) is 0 Å². The lowest BCUT2D eigenvalue weighted by Gasteiger charge is -2.14. The number of thiocarbonyl (C=S) groups is 1. The lowest BCUT2D eigenvalue weighted by molar-refractivity contribution is 0.321. The van der Waals surface area contributed by atoms with Crippen LogP contribution in [-0.2, 0) is 0 Å². The summed E-state index contributed by atoms with van der Waals surface area (Å²) < 4.78 is 11.4. The van der Waals surface area contributed by atoms with E-state index >= 15 is 0 Å². The number of rotatable bonds is 5. The zero-order valence-corrected chi connectivity index (χ0v) is 12.5. The van der Waals surface area contributed by atoms with Gasteiger partial charge in [0, 0.05) is 5.02 Å². The van der Waals surface area contributed by atoms with Crippen LogP contribution in [-0.4, -0.2) is 11.6 Å². The summed E-state index contributed by atoms with van der Waals surface area (Å²) in [5.41, 5.74) is 6.29. The molecule has 0 atom stereocenters. The Bertz CT molecular complexity index is 631. The fourth-order valence-corrected chi connectivity index (χ4v) is 2.04. The Labute approximate surface area is 128 Å². The van der Waals surface area contributed by atoms with Crippen molar-refractivity contribution in [2.24, 2.45) is 5.73 Å². The maximum absolute atomic E-state index is 5.95. The number of nitrogens with two attached hydrogens (primary N) is 1. The third-order valence-corrected chi connectivity index (χ3v) is 3.03. The zero-order valence-electron chi connectivity index (χ0n) is 10.9. The molecular weight excluding hydrogens is 294 g/mol.